The number of carbonyl (C=O) groups excluding carboxylic acids is 1. The fourth-order valence-corrected chi connectivity index (χ4v) is 2.38. The maximum atomic E-state index is 12.2. The van der Waals surface area contributed by atoms with E-state index < -0.39 is 0 Å². The maximum Gasteiger partial charge on any atom is 0.251 e. The SMILES string of the molecule is COc1ncccc1CNC(=O)c1cc(Cl)c2c(c1)OCO2. The summed E-state index contributed by atoms with van der Waals surface area (Å²) in [7, 11) is 1.53. The largest absolute Gasteiger partial charge is 0.481 e. The highest BCUT2D eigenvalue weighted by Gasteiger charge is 2.20. The van der Waals surface area contributed by atoms with E-state index in [-0.39, 0.29) is 12.7 Å². The van der Waals surface area contributed by atoms with Crippen LogP contribution in [0.25, 0.3) is 0 Å². The molecular weight excluding hydrogens is 308 g/mol. The number of methoxy groups -OCH3 is 1. The summed E-state index contributed by atoms with van der Waals surface area (Å²) in [5.41, 5.74) is 1.18. The van der Waals surface area contributed by atoms with E-state index in [2.05, 4.69) is 10.3 Å². The van der Waals surface area contributed by atoms with Gasteiger partial charge in [-0.05, 0) is 18.2 Å². The second kappa shape index (κ2) is 6.11. The minimum atomic E-state index is -0.272. The molecule has 3 rings (SSSR count). The first-order valence-corrected chi connectivity index (χ1v) is 6.92. The van der Waals surface area contributed by atoms with Gasteiger partial charge in [0.15, 0.2) is 11.5 Å². The van der Waals surface area contributed by atoms with Gasteiger partial charge >= 0.3 is 0 Å². The van der Waals surface area contributed by atoms with E-state index in [0.29, 0.717) is 34.5 Å². The topological polar surface area (TPSA) is 69.7 Å². The molecule has 0 fully saturated rings. The van der Waals surface area contributed by atoms with Gasteiger partial charge in [0.25, 0.3) is 5.91 Å². The van der Waals surface area contributed by atoms with Crippen LogP contribution in [0.1, 0.15) is 15.9 Å². The number of fused-ring (bicyclic) bond motifs is 1. The van der Waals surface area contributed by atoms with Crippen LogP contribution in [0.2, 0.25) is 5.02 Å². The number of nitrogens with one attached hydrogen (secondary N) is 1. The number of rotatable bonds is 4. The van der Waals surface area contributed by atoms with Gasteiger partial charge in [-0.15, -0.1) is 0 Å². The van der Waals surface area contributed by atoms with Crippen LogP contribution in [-0.4, -0.2) is 24.8 Å². The molecular formula is C15H13ClN2O4. The van der Waals surface area contributed by atoms with Gasteiger partial charge in [-0.3, -0.25) is 4.79 Å². The number of benzene rings is 1. The standard InChI is InChI=1S/C15H13ClN2O4/c1-20-15-9(3-2-4-17-15)7-18-14(19)10-5-11(16)13-12(6-10)21-8-22-13/h2-6H,7-8H2,1H3,(H,18,19). The molecule has 0 bridgehead atoms. The Hall–Kier alpha value is -2.47. The summed E-state index contributed by atoms with van der Waals surface area (Å²) >= 11 is 6.07. The van der Waals surface area contributed by atoms with Crippen molar-refractivity contribution >= 4 is 17.5 Å². The van der Waals surface area contributed by atoms with Crippen LogP contribution in [0.3, 0.4) is 0 Å². The Kier molecular flexibility index (Phi) is 4.02. The predicted molar refractivity (Wildman–Crippen MR) is 79.5 cm³/mol. The molecule has 2 heterocycles. The summed E-state index contributed by atoms with van der Waals surface area (Å²) in [4.78, 5) is 16.3. The molecule has 1 N–H and O–H groups in total. The molecule has 1 aromatic carbocycles. The van der Waals surface area contributed by atoms with Crippen molar-refractivity contribution < 1.29 is 19.0 Å². The smallest absolute Gasteiger partial charge is 0.251 e. The molecule has 0 unspecified atom stereocenters. The molecule has 0 radical (unpaired) electrons. The second-order valence-corrected chi connectivity index (χ2v) is 4.95. The quantitative estimate of drug-likeness (QED) is 0.936. The van der Waals surface area contributed by atoms with Crippen LogP contribution in [0, 0.1) is 0 Å². The number of ether oxygens (including phenoxy) is 3. The Morgan fingerprint density at radius 3 is 3.14 bits per heavy atom. The minimum absolute atomic E-state index is 0.104. The molecule has 1 aliphatic heterocycles. The molecule has 0 atom stereocenters. The van der Waals surface area contributed by atoms with E-state index in [1.54, 1.807) is 24.4 Å². The van der Waals surface area contributed by atoms with Crippen molar-refractivity contribution in [2.75, 3.05) is 13.9 Å². The first-order valence-electron chi connectivity index (χ1n) is 6.54. The first-order chi connectivity index (χ1) is 10.7. The highest BCUT2D eigenvalue weighted by molar-refractivity contribution is 6.32. The minimum Gasteiger partial charge on any atom is -0.481 e. The summed E-state index contributed by atoms with van der Waals surface area (Å²) in [6.07, 6.45) is 1.63. The lowest BCUT2D eigenvalue weighted by Gasteiger charge is -2.09. The average molecular weight is 321 g/mol. The first kappa shape index (κ1) is 14.5. The van der Waals surface area contributed by atoms with Crippen LogP contribution in [0.4, 0.5) is 0 Å². The molecule has 0 saturated heterocycles. The zero-order chi connectivity index (χ0) is 15.5. The van der Waals surface area contributed by atoms with E-state index in [0.717, 1.165) is 5.56 Å². The monoisotopic (exact) mass is 320 g/mol. The van der Waals surface area contributed by atoms with Crippen molar-refractivity contribution in [3.63, 3.8) is 0 Å². The molecule has 6 nitrogen and oxygen atoms in total. The summed E-state index contributed by atoms with van der Waals surface area (Å²) < 4.78 is 15.6. The van der Waals surface area contributed by atoms with Gasteiger partial charge in [0.05, 0.1) is 12.1 Å². The number of carbonyl (C=O) groups is 1. The number of pyridine rings is 1. The average Bonchev–Trinajstić information content (AvgIpc) is 3.02. The lowest BCUT2D eigenvalue weighted by molar-refractivity contribution is 0.0950. The van der Waals surface area contributed by atoms with E-state index in [4.69, 9.17) is 25.8 Å². The normalized spacial score (nSPS) is 12.1. The van der Waals surface area contributed by atoms with E-state index >= 15 is 0 Å². The fourth-order valence-electron chi connectivity index (χ4n) is 2.12. The van der Waals surface area contributed by atoms with Crippen molar-refractivity contribution in [3.8, 4) is 17.4 Å². The third-order valence-electron chi connectivity index (χ3n) is 3.17. The third kappa shape index (κ3) is 2.78. The predicted octanol–water partition coefficient (Wildman–Crippen LogP) is 2.40. The number of amides is 1. The summed E-state index contributed by atoms with van der Waals surface area (Å²) in [5.74, 6) is 1.14. The number of halogens is 1. The van der Waals surface area contributed by atoms with E-state index in [1.165, 1.54) is 7.11 Å². The molecule has 2 aromatic rings. The highest BCUT2D eigenvalue weighted by Crippen LogP contribution is 2.39. The van der Waals surface area contributed by atoms with Crippen molar-refractivity contribution in [1.82, 2.24) is 10.3 Å². The molecule has 0 aliphatic carbocycles. The molecule has 1 aromatic heterocycles. The van der Waals surface area contributed by atoms with Gasteiger partial charge in [0, 0.05) is 23.9 Å². The third-order valence-corrected chi connectivity index (χ3v) is 3.45. The number of aromatic nitrogens is 1. The van der Waals surface area contributed by atoms with Gasteiger partial charge in [0.1, 0.15) is 0 Å². The van der Waals surface area contributed by atoms with Crippen LogP contribution < -0.4 is 19.5 Å². The van der Waals surface area contributed by atoms with Crippen LogP contribution in [0.5, 0.6) is 17.4 Å². The summed E-state index contributed by atoms with van der Waals surface area (Å²) in [6, 6.07) is 6.76. The number of nitrogens with zero attached hydrogens (tertiary/aromatic N) is 1. The number of hydrogen-bond donors (Lipinski definition) is 1. The van der Waals surface area contributed by atoms with Gasteiger partial charge in [-0.1, -0.05) is 17.7 Å². The fraction of sp³-hybridized carbons (Fsp3) is 0.200. The Bertz CT molecular complexity index is 721. The van der Waals surface area contributed by atoms with Crippen LogP contribution in [-0.2, 0) is 6.54 Å². The lowest BCUT2D eigenvalue weighted by atomic mass is 10.2. The van der Waals surface area contributed by atoms with Crippen molar-refractivity contribution in [1.29, 1.82) is 0 Å². The van der Waals surface area contributed by atoms with Crippen molar-refractivity contribution in [3.05, 3.63) is 46.6 Å². The van der Waals surface area contributed by atoms with Crippen LogP contribution in [0.15, 0.2) is 30.5 Å². The van der Waals surface area contributed by atoms with Gasteiger partial charge in [-0.2, -0.15) is 0 Å². The number of hydrogen-bond acceptors (Lipinski definition) is 5. The Morgan fingerprint density at radius 1 is 1.45 bits per heavy atom. The van der Waals surface area contributed by atoms with Crippen molar-refractivity contribution in [2.45, 2.75) is 6.54 Å². The van der Waals surface area contributed by atoms with Gasteiger partial charge < -0.3 is 19.5 Å². The van der Waals surface area contributed by atoms with Gasteiger partial charge in [-0.25, -0.2) is 4.98 Å². The summed E-state index contributed by atoms with van der Waals surface area (Å²) in [6.45, 7) is 0.398. The zero-order valence-electron chi connectivity index (χ0n) is 11.8. The Balaban J connectivity index is 1.74. The van der Waals surface area contributed by atoms with Crippen LogP contribution >= 0.6 is 11.6 Å². The zero-order valence-corrected chi connectivity index (χ0v) is 12.5. The molecule has 1 amide bonds. The molecule has 22 heavy (non-hydrogen) atoms. The molecule has 0 saturated carbocycles. The molecule has 0 spiro atoms. The van der Waals surface area contributed by atoms with Gasteiger partial charge in [0.2, 0.25) is 12.7 Å². The second-order valence-electron chi connectivity index (χ2n) is 4.55. The maximum absolute atomic E-state index is 12.2. The highest BCUT2D eigenvalue weighted by atomic mass is 35.5. The van der Waals surface area contributed by atoms with E-state index in [1.807, 2.05) is 6.07 Å². The summed E-state index contributed by atoms with van der Waals surface area (Å²) in [5, 5.41) is 3.14. The molecule has 1 aliphatic rings. The lowest BCUT2D eigenvalue weighted by Crippen LogP contribution is -2.23. The molecule has 7 heteroatoms. The molecule has 114 valence electrons. The van der Waals surface area contributed by atoms with Crippen molar-refractivity contribution in [2.24, 2.45) is 0 Å². The Morgan fingerprint density at radius 2 is 2.32 bits per heavy atom. The Labute approximate surface area is 132 Å². The van der Waals surface area contributed by atoms with E-state index in [9.17, 15) is 4.79 Å².